The summed E-state index contributed by atoms with van der Waals surface area (Å²) in [6.45, 7) is 0.233. The van der Waals surface area contributed by atoms with Crippen LogP contribution in [-0.4, -0.2) is 40.3 Å². The van der Waals surface area contributed by atoms with E-state index in [9.17, 15) is 9.18 Å². The molecule has 3 aromatic rings. The third-order valence-corrected chi connectivity index (χ3v) is 5.01. The first-order chi connectivity index (χ1) is 13.1. The summed E-state index contributed by atoms with van der Waals surface area (Å²) < 4.78 is 20.9. The van der Waals surface area contributed by atoms with Crippen LogP contribution in [0.4, 0.5) is 4.39 Å². The first kappa shape index (κ1) is 19.0. The molecule has 0 saturated carbocycles. The van der Waals surface area contributed by atoms with Gasteiger partial charge in [0.15, 0.2) is 5.16 Å². The zero-order chi connectivity index (χ0) is 19.2. The van der Waals surface area contributed by atoms with E-state index in [-0.39, 0.29) is 24.0 Å². The first-order valence-corrected chi connectivity index (χ1v) is 9.35. The molecule has 7 heteroatoms. The molecule has 0 atom stereocenters. The molecule has 0 saturated heterocycles. The van der Waals surface area contributed by atoms with E-state index in [2.05, 4.69) is 4.98 Å². The number of hydrogen-bond donors (Lipinski definition) is 0. The molecule has 0 aliphatic heterocycles. The van der Waals surface area contributed by atoms with Gasteiger partial charge in [-0.25, -0.2) is 9.37 Å². The second kappa shape index (κ2) is 8.73. The molecule has 3 rings (SSSR count). The third kappa shape index (κ3) is 4.68. The summed E-state index contributed by atoms with van der Waals surface area (Å²) in [5, 5.41) is 0.705. The standard InChI is InChI=1S/C20H20FN3O2S/c1-23(13-15-6-3-4-9-18(15)21)19(25)14-27-20-22-10-11-24(20)16-7-5-8-17(12-16)26-2/h3-12H,13-14H2,1-2H3. The zero-order valence-corrected chi connectivity index (χ0v) is 15.9. The van der Waals surface area contributed by atoms with Crippen molar-refractivity contribution >= 4 is 17.7 Å². The SMILES string of the molecule is COc1cccc(-n2ccnc2SCC(=O)N(C)Cc2ccccc2F)c1. The fourth-order valence-electron chi connectivity index (χ4n) is 2.56. The molecule has 0 radical (unpaired) electrons. The number of aromatic nitrogens is 2. The fraction of sp³-hybridized carbons (Fsp3) is 0.200. The minimum atomic E-state index is -0.307. The van der Waals surface area contributed by atoms with Crippen LogP contribution in [0.5, 0.6) is 5.75 Å². The van der Waals surface area contributed by atoms with Crippen molar-refractivity contribution in [1.29, 1.82) is 0 Å². The number of carbonyl (C=O) groups excluding carboxylic acids is 1. The molecular weight excluding hydrogens is 365 g/mol. The first-order valence-electron chi connectivity index (χ1n) is 8.36. The van der Waals surface area contributed by atoms with Crippen LogP contribution >= 0.6 is 11.8 Å². The van der Waals surface area contributed by atoms with Gasteiger partial charge in [0.1, 0.15) is 11.6 Å². The smallest absolute Gasteiger partial charge is 0.233 e. The second-order valence-corrected chi connectivity index (χ2v) is 6.85. The van der Waals surface area contributed by atoms with Crippen molar-refractivity contribution in [3.8, 4) is 11.4 Å². The summed E-state index contributed by atoms with van der Waals surface area (Å²) in [5.74, 6) is 0.561. The van der Waals surface area contributed by atoms with Gasteiger partial charge in [0.25, 0.3) is 0 Å². The Morgan fingerprint density at radius 3 is 2.85 bits per heavy atom. The summed E-state index contributed by atoms with van der Waals surface area (Å²) in [6, 6.07) is 14.1. The van der Waals surface area contributed by atoms with E-state index in [1.54, 1.807) is 38.6 Å². The number of hydrogen-bond acceptors (Lipinski definition) is 4. The number of ether oxygens (including phenoxy) is 1. The zero-order valence-electron chi connectivity index (χ0n) is 15.1. The highest BCUT2D eigenvalue weighted by Gasteiger charge is 2.14. The molecule has 0 aliphatic carbocycles. The Morgan fingerprint density at radius 2 is 2.07 bits per heavy atom. The Morgan fingerprint density at radius 1 is 1.26 bits per heavy atom. The lowest BCUT2D eigenvalue weighted by Gasteiger charge is -2.17. The van der Waals surface area contributed by atoms with Gasteiger partial charge in [0, 0.05) is 37.6 Å². The van der Waals surface area contributed by atoms with Crippen molar-refractivity contribution in [2.75, 3.05) is 19.9 Å². The minimum absolute atomic E-state index is 0.0940. The maximum absolute atomic E-state index is 13.8. The molecule has 0 fully saturated rings. The molecular formula is C20H20FN3O2S. The minimum Gasteiger partial charge on any atom is -0.497 e. The molecule has 2 aromatic carbocycles. The average molecular weight is 385 g/mol. The molecule has 1 heterocycles. The summed E-state index contributed by atoms with van der Waals surface area (Å²) in [6.07, 6.45) is 3.53. The molecule has 1 aromatic heterocycles. The molecule has 5 nitrogen and oxygen atoms in total. The molecule has 0 N–H and O–H groups in total. The van der Waals surface area contributed by atoms with Crippen LogP contribution in [0.25, 0.3) is 5.69 Å². The van der Waals surface area contributed by atoms with Crippen LogP contribution in [0.2, 0.25) is 0 Å². The number of nitrogens with zero attached hydrogens (tertiary/aromatic N) is 3. The molecule has 140 valence electrons. The average Bonchev–Trinajstić information content (AvgIpc) is 3.16. The highest BCUT2D eigenvalue weighted by atomic mass is 32.2. The Labute approximate surface area is 161 Å². The predicted octanol–water partition coefficient (Wildman–Crippen LogP) is 3.77. The summed E-state index contributed by atoms with van der Waals surface area (Å²) in [7, 11) is 3.29. The lowest BCUT2D eigenvalue weighted by Crippen LogP contribution is -2.28. The number of thioether (sulfide) groups is 1. The molecule has 27 heavy (non-hydrogen) atoms. The van der Waals surface area contributed by atoms with Crippen molar-refractivity contribution in [2.45, 2.75) is 11.7 Å². The number of imidazole rings is 1. The third-order valence-electron chi connectivity index (χ3n) is 4.05. The molecule has 0 aliphatic rings. The Hall–Kier alpha value is -2.80. The van der Waals surface area contributed by atoms with Crippen LogP contribution in [-0.2, 0) is 11.3 Å². The van der Waals surface area contributed by atoms with Crippen molar-refractivity contribution in [3.05, 3.63) is 72.3 Å². The number of halogens is 1. The van der Waals surface area contributed by atoms with Crippen LogP contribution < -0.4 is 4.74 Å². The summed E-state index contributed by atoms with van der Waals surface area (Å²) >= 11 is 1.34. The largest absolute Gasteiger partial charge is 0.497 e. The van der Waals surface area contributed by atoms with E-state index in [0.29, 0.717) is 10.7 Å². The van der Waals surface area contributed by atoms with Crippen LogP contribution in [0.15, 0.2) is 66.1 Å². The van der Waals surface area contributed by atoms with Gasteiger partial charge in [-0.3, -0.25) is 9.36 Å². The summed E-state index contributed by atoms with van der Waals surface area (Å²) in [4.78, 5) is 18.3. The van der Waals surface area contributed by atoms with E-state index in [4.69, 9.17) is 4.74 Å². The molecule has 1 amide bonds. The van der Waals surface area contributed by atoms with E-state index in [0.717, 1.165) is 11.4 Å². The fourth-order valence-corrected chi connectivity index (χ4v) is 3.47. The Bertz CT molecular complexity index is 929. The number of methoxy groups -OCH3 is 1. The van der Waals surface area contributed by atoms with Crippen molar-refractivity contribution in [2.24, 2.45) is 0 Å². The lowest BCUT2D eigenvalue weighted by atomic mass is 10.2. The van der Waals surface area contributed by atoms with Gasteiger partial charge < -0.3 is 9.64 Å². The van der Waals surface area contributed by atoms with Crippen LogP contribution in [0, 0.1) is 5.82 Å². The van der Waals surface area contributed by atoms with Crippen LogP contribution in [0.1, 0.15) is 5.56 Å². The van der Waals surface area contributed by atoms with Crippen molar-refractivity contribution in [1.82, 2.24) is 14.5 Å². The van der Waals surface area contributed by atoms with Gasteiger partial charge in [-0.15, -0.1) is 0 Å². The van der Waals surface area contributed by atoms with Crippen LogP contribution in [0.3, 0.4) is 0 Å². The van der Waals surface area contributed by atoms with Crippen molar-refractivity contribution < 1.29 is 13.9 Å². The number of rotatable bonds is 7. The topological polar surface area (TPSA) is 47.4 Å². The highest BCUT2D eigenvalue weighted by molar-refractivity contribution is 7.99. The second-order valence-electron chi connectivity index (χ2n) is 5.91. The highest BCUT2D eigenvalue weighted by Crippen LogP contribution is 2.23. The molecule has 0 unspecified atom stereocenters. The van der Waals surface area contributed by atoms with E-state index < -0.39 is 0 Å². The predicted molar refractivity (Wildman–Crippen MR) is 104 cm³/mol. The number of amides is 1. The van der Waals surface area contributed by atoms with Gasteiger partial charge in [-0.1, -0.05) is 36.0 Å². The Balaban J connectivity index is 1.64. The monoisotopic (exact) mass is 385 g/mol. The Kier molecular flexibility index (Phi) is 6.13. The maximum Gasteiger partial charge on any atom is 0.233 e. The molecule has 0 bridgehead atoms. The summed E-state index contributed by atoms with van der Waals surface area (Å²) in [5.41, 5.74) is 1.40. The van der Waals surface area contributed by atoms with E-state index in [1.165, 1.54) is 22.7 Å². The van der Waals surface area contributed by atoms with Gasteiger partial charge in [0.05, 0.1) is 18.6 Å². The number of carbonyl (C=O) groups is 1. The quantitative estimate of drug-likeness (QED) is 0.581. The molecule has 0 spiro atoms. The van der Waals surface area contributed by atoms with E-state index >= 15 is 0 Å². The normalized spacial score (nSPS) is 10.6. The van der Waals surface area contributed by atoms with Gasteiger partial charge >= 0.3 is 0 Å². The maximum atomic E-state index is 13.8. The van der Waals surface area contributed by atoms with Gasteiger partial charge in [-0.2, -0.15) is 0 Å². The van der Waals surface area contributed by atoms with E-state index in [1.807, 2.05) is 35.0 Å². The van der Waals surface area contributed by atoms with Gasteiger partial charge in [0.2, 0.25) is 5.91 Å². The van der Waals surface area contributed by atoms with Crippen molar-refractivity contribution in [3.63, 3.8) is 0 Å². The lowest BCUT2D eigenvalue weighted by molar-refractivity contribution is -0.127. The number of benzene rings is 2. The van der Waals surface area contributed by atoms with Gasteiger partial charge in [-0.05, 0) is 18.2 Å².